The maximum absolute atomic E-state index is 11.1. The van der Waals surface area contributed by atoms with Crippen LogP contribution in [0.3, 0.4) is 0 Å². The topological polar surface area (TPSA) is 41.1 Å². The molecule has 1 heterocycles. The predicted octanol–water partition coefficient (Wildman–Crippen LogP) is 4.51. The van der Waals surface area contributed by atoms with Crippen molar-refractivity contribution in [1.29, 1.82) is 0 Å². The Kier molecular flexibility index (Phi) is 5.53. The first kappa shape index (κ1) is 15.7. The fourth-order valence-electron chi connectivity index (χ4n) is 2.38. The van der Waals surface area contributed by atoms with E-state index in [1.165, 1.54) is 17.4 Å². The largest absolute Gasteiger partial charge is 0.326 e. The zero-order chi connectivity index (χ0) is 15.2. The van der Waals surface area contributed by atoms with E-state index in [0.29, 0.717) is 6.04 Å². The summed E-state index contributed by atoms with van der Waals surface area (Å²) in [6.07, 6.45) is 1.05. The van der Waals surface area contributed by atoms with Gasteiger partial charge in [0.25, 0.3) is 0 Å². The van der Waals surface area contributed by atoms with Crippen LogP contribution in [-0.4, -0.2) is 5.91 Å². The smallest absolute Gasteiger partial charge is 0.221 e. The first-order valence-corrected chi connectivity index (χ1v) is 8.15. The van der Waals surface area contributed by atoms with Crippen LogP contribution in [0.25, 0.3) is 0 Å². The molecule has 0 bridgehead atoms. The molecular weight excluding hydrogens is 280 g/mol. The van der Waals surface area contributed by atoms with E-state index in [9.17, 15) is 4.79 Å². The SMILES string of the molecule is CCC(NC(C)c1cccc(NC(C)=O)c1)c1cccs1. The van der Waals surface area contributed by atoms with Gasteiger partial charge in [0, 0.05) is 29.6 Å². The summed E-state index contributed by atoms with van der Waals surface area (Å²) in [5.74, 6) is -0.0437. The molecule has 3 nitrogen and oxygen atoms in total. The Hall–Kier alpha value is -1.65. The van der Waals surface area contributed by atoms with E-state index < -0.39 is 0 Å². The molecule has 2 aromatic rings. The molecule has 1 aromatic heterocycles. The highest BCUT2D eigenvalue weighted by Crippen LogP contribution is 2.26. The number of carbonyl (C=O) groups is 1. The fraction of sp³-hybridized carbons (Fsp3) is 0.353. The Balaban J connectivity index is 2.08. The molecule has 112 valence electrons. The second-order valence-electron chi connectivity index (χ2n) is 5.17. The van der Waals surface area contributed by atoms with Gasteiger partial charge in [-0.3, -0.25) is 4.79 Å². The van der Waals surface area contributed by atoms with E-state index in [-0.39, 0.29) is 11.9 Å². The van der Waals surface area contributed by atoms with Crippen LogP contribution in [-0.2, 0) is 4.79 Å². The number of hydrogen-bond donors (Lipinski definition) is 2. The van der Waals surface area contributed by atoms with Crippen molar-refractivity contribution >= 4 is 22.9 Å². The van der Waals surface area contributed by atoms with Crippen molar-refractivity contribution in [2.75, 3.05) is 5.32 Å². The minimum atomic E-state index is -0.0437. The van der Waals surface area contributed by atoms with E-state index in [2.05, 4.69) is 48.1 Å². The summed E-state index contributed by atoms with van der Waals surface area (Å²) in [4.78, 5) is 12.5. The first-order valence-electron chi connectivity index (χ1n) is 7.27. The van der Waals surface area contributed by atoms with Gasteiger partial charge < -0.3 is 10.6 Å². The van der Waals surface area contributed by atoms with Crippen LogP contribution in [0.15, 0.2) is 41.8 Å². The molecule has 0 saturated carbocycles. The van der Waals surface area contributed by atoms with Gasteiger partial charge in [0.15, 0.2) is 0 Å². The number of rotatable bonds is 6. The van der Waals surface area contributed by atoms with Crippen LogP contribution in [0.5, 0.6) is 0 Å². The standard InChI is InChI=1S/C17H22N2OS/c1-4-16(17-9-6-10-21-17)18-12(2)14-7-5-8-15(11-14)19-13(3)20/h5-12,16,18H,4H2,1-3H3,(H,19,20). The first-order chi connectivity index (χ1) is 10.1. The average molecular weight is 302 g/mol. The Morgan fingerprint density at radius 1 is 1.29 bits per heavy atom. The van der Waals surface area contributed by atoms with Crippen molar-refractivity contribution in [2.45, 2.75) is 39.3 Å². The van der Waals surface area contributed by atoms with Crippen molar-refractivity contribution in [1.82, 2.24) is 5.32 Å². The van der Waals surface area contributed by atoms with Crippen molar-refractivity contribution in [3.05, 3.63) is 52.2 Å². The Morgan fingerprint density at radius 3 is 2.71 bits per heavy atom. The van der Waals surface area contributed by atoms with Crippen molar-refractivity contribution in [3.8, 4) is 0 Å². The molecule has 0 saturated heterocycles. The third-order valence-corrected chi connectivity index (χ3v) is 4.44. The highest BCUT2D eigenvalue weighted by molar-refractivity contribution is 7.10. The number of anilines is 1. The number of carbonyl (C=O) groups excluding carboxylic acids is 1. The molecule has 2 rings (SSSR count). The van der Waals surface area contributed by atoms with Gasteiger partial charge in [-0.2, -0.15) is 0 Å². The molecule has 0 fully saturated rings. The number of amides is 1. The minimum absolute atomic E-state index is 0.0437. The van der Waals surface area contributed by atoms with Gasteiger partial charge in [0.2, 0.25) is 5.91 Å². The van der Waals surface area contributed by atoms with Crippen LogP contribution in [0.1, 0.15) is 49.7 Å². The van der Waals surface area contributed by atoms with Crippen LogP contribution in [0.2, 0.25) is 0 Å². The van der Waals surface area contributed by atoms with Crippen LogP contribution in [0, 0.1) is 0 Å². The van der Waals surface area contributed by atoms with Gasteiger partial charge in [0.05, 0.1) is 0 Å². The quantitative estimate of drug-likeness (QED) is 0.824. The number of benzene rings is 1. The average Bonchev–Trinajstić information content (AvgIpc) is 2.98. The third kappa shape index (κ3) is 4.41. The molecule has 0 spiro atoms. The fourth-order valence-corrected chi connectivity index (χ4v) is 3.25. The molecule has 0 aliphatic carbocycles. The second-order valence-corrected chi connectivity index (χ2v) is 6.15. The highest BCUT2D eigenvalue weighted by Gasteiger charge is 2.14. The zero-order valence-electron chi connectivity index (χ0n) is 12.7. The molecule has 21 heavy (non-hydrogen) atoms. The van der Waals surface area contributed by atoms with E-state index >= 15 is 0 Å². The van der Waals surface area contributed by atoms with Gasteiger partial charge in [-0.1, -0.05) is 25.1 Å². The van der Waals surface area contributed by atoms with Crippen LogP contribution < -0.4 is 10.6 Å². The molecule has 0 aliphatic heterocycles. The summed E-state index contributed by atoms with van der Waals surface area (Å²) in [5.41, 5.74) is 2.02. The number of nitrogens with one attached hydrogen (secondary N) is 2. The van der Waals surface area contributed by atoms with E-state index in [0.717, 1.165) is 12.1 Å². The minimum Gasteiger partial charge on any atom is -0.326 e. The predicted molar refractivity (Wildman–Crippen MR) is 89.6 cm³/mol. The lowest BCUT2D eigenvalue weighted by molar-refractivity contribution is -0.114. The summed E-state index contributed by atoms with van der Waals surface area (Å²) in [7, 11) is 0. The molecular formula is C17H22N2OS. The molecule has 4 heteroatoms. The number of thiophene rings is 1. The summed E-state index contributed by atoms with van der Waals surface area (Å²) in [6, 6.07) is 12.9. The van der Waals surface area contributed by atoms with Gasteiger partial charge in [0.1, 0.15) is 0 Å². The van der Waals surface area contributed by atoms with Gasteiger partial charge >= 0.3 is 0 Å². The maximum atomic E-state index is 11.1. The van der Waals surface area contributed by atoms with E-state index in [1.807, 2.05) is 18.2 Å². The highest BCUT2D eigenvalue weighted by atomic mass is 32.1. The summed E-state index contributed by atoms with van der Waals surface area (Å²) >= 11 is 1.78. The number of hydrogen-bond acceptors (Lipinski definition) is 3. The Bertz CT molecular complexity index is 580. The van der Waals surface area contributed by atoms with Crippen molar-refractivity contribution in [3.63, 3.8) is 0 Å². The lowest BCUT2D eigenvalue weighted by atomic mass is 10.1. The van der Waals surface area contributed by atoms with Gasteiger partial charge in [-0.05, 0) is 42.5 Å². The molecule has 0 aliphatic rings. The lowest BCUT2D eigenvalue weighted by Crippen LogP contribution is -2.23. The maximum Gasteiger partial charge on any atom is 0.221 e. The van der Waals surface area contributed by atoms with Crippen LogP contribution >= 0.6 is 11.3 Å². The molecule has 1 aromatic carbocycles. The van der Waals surface area contributed by atoms with Gasteiger partial charge in [-0.15, -0.1) is 11.3 Å². The molecule has 2 N–H and O–H groups in total. The van der Waals surface area contributed by atoms with Crippen LogP contribution in [0.4, 0.5) is 5.69 Å². The summed E-state index contributed by atoms with van der Waals surface area (Å²) < 4.78 is 0. The van der Waals surface area contributed by atoms with Crippen molar-refractivity contribution in [2.24, 2.45) is 0 Å². The molecule has 1 amide bonds. The van der Waals surface area contributed by atoms with E-state index in [4.69, 9.17) is 0 Å². The zero-order valence-corrected chi connectivity index (χ0v) is 13.5. The summed E-state index contributed by atoms with van der Waals surface area (Å²) in [5, 5.41) is 8.61. The Morgan fingerprint density at radius 2 is 2.10 bits per heavy atom. The normalized spacial score (nSPS) is 13.7. The lowest BCUT2D eigenvalue weighted by Gasteiger charge is -2.22. The molecule has 2 unspecified atom stereocenters. The van der Waals surface area contributed by atoms with E-state index in [1.54, 1.807) is 11.3 Å². The monoisotopic (exact) mass is 302 g/mol. The summed E-state index contributed by atoms with van der Waals surface area (Å²) in [6.45, 7) is 5.87. The molecule has 2 atom stereocenters. The van der Waals surface area contributed by atoms with Gasteiger partial charge in [-0.25, -0.2) is 0 Å². The van der Waals surface area contributed by atoms with Crippen molar-refractivity contribution < 1.29 is 4.79 Å². The second kappa shape index (κ2) is 7.38. The Labute approximate surface area is 130 Å². The third-order valence-electron chi connectivity index (χ3n) is 3.45. The molecule has 0 radical (unpaired) electrons.